The Balaban J connectivity index is 1.81. The van der Waals surface area contributed by atoms with Crippen LogP contribution in [0.1, 0.15) is 51.5 Å². The first-order valence-corrected chi connectivity index (χ1v) is 14.5. The molecule has 0 bridgehead atoms. The van der Waals surface area contributed by atoms with Crippen LogP contribution in [0.3, 0.4) is 0 Å². The fourth-order valence-electron chi connectivity index (χ4n) is 3.55. The van der Waals surface area contributed by atoms with Crippen molar-refractivity contribution in [3.63, 3.8) is 0 Å². The number of unbranched alkanes of at least 4 members (excludes halogenated alkanes) is 4. The van der Waals surface area contributed by atoms with Gasteiger partial charge in [0, 0.05) is 11.6 Å². The molecular weight excluding hydrogens is 520 g/mol. The molecule has 1 saturated heterocycles. The average Bonchev–Trinajstić information content (AvgIpc) is 3.14. The maximum atomic E-state index is 13.0. The summed E-state index contributed by atoms with van der Waals surface area (Å²) >= 11 is 6.89. The maximum Gasteiger partial charge on any atom is 0.284 e. The molecular formula is C26H31ClN2O5S2. The Morgan fingerprint density at radius 3 is 2.42 bits per heavy atom. The van der Waals surface area contributed by atoms with Gasteiger partial charge in [-0.2, -0.15) is 8.42 Å². The van der Waals surface area contributed by atoms with Gasteiger partial charge in [0.05, 0.1) is 23.5 Å². The van der Waals surface area contributed by atoms with Gasteiger partial charge in [-0.15, -0.1) is 4.40 Å². The zero-order valence-electron chi connectivity index (χ0n) is 20.7. The molecule has 1 aliphatic heterocycles. The lowest BCUT2D eigenvalue weighted by Gasteiger charge is -2.12. The van der Waals surface area contributed by atoms with E-state index in [1.807, 2.05) is 12.1 Å². The van der Waals surface area contributed by atoms with E-state index in [9.17, 15) is 13.2 Å². The molecule has 7 nitrogen and oxygen atoms in total. The monoisotopic (exact) mass is 550 g/mol. The van der Waals surface area contributed by atoms with Crippen molar-refractivity contribution in [2.24, 2.45) is 4.40 Å². The fourth-order valence-corrected chi connectivity index (χ4v) is 5.92. The first-order chi connectivity index (χ1) is 17.3. The third-order valence-electron chi connectivity index (χ3n) is 5.50. The lowest BCUT2D eigenvalue weighted by molar-refractivity contribution is -0.122. The molecule has 0 unspecified atom stereocenters. The first kappa shape index (κ1) is 28.1. The predicted molar refractivity (Wildman–Crippen MR) is 146 cm³/mol. The predicted octanol–water partition coefficient (Wildman–Crippen LogP) is 6.38. The highest BCUT2D eigenvalue weighted by molar-refractivity contribution is 8.19. The minimum absolute atomic E-state index is 0.00701. The topological polar surface area (TPSA) is 85.3 Å². The van der Waals surface area contributed by atoms with Crippen molar-refractivity contribution in [3.8, 4) is 11.5 Å². The largest absolute Gasteiger partial charge is 0.493 e. The molecule has 10 heteroatoms. The van der Waals surface area contributed by atoms with E-state index in [0.29, 0.717) is 28.0 Å². The molecule has 1 heterocycles. The molecule has 1 amide bonds. The Hall–Kier alpha value is -2.49. The van der Waals surface area contributed by atoms with E-state index in [0.717, 1.165) is 30.2 Å². The van der Waals surface area contributed by atoms with Crippen molar-refractivity contribution in [2.75, 3.05) is 20.3 Å². The number of nitrogens with zero attached hydrogens (tertiary/aromatic N) is 2. The molecule has 0 spiro atoms. The number of carbonyl (C=O) groups excluding carboxylic acids is 1. The SMILES string of the molecule is CCCCCCCOc1cc(C=C2SC(=NS(=O)(=O)c3ccc(Cl)cc3)N(CC)C2=O)ccc1OC. The summed E-state index contributed by atoms with van der Waals surface area (Å²) in [6.07, 6.45) is 7.37. The molecule has 194 valence electrons. The summed E-state index contributed by atoms with van der Waals surface area (Å²) in [6.45, 7) is 4.82. The van der Waals surface area contributed by atoms with Gasteiger partial charge < -0.3 is 9.47 Å². The third-order valence-corrected chi connectivity index (χ3v) is 8.16. The normalized spacial score (nSPS) is 16.2. The Morgan fingerprint density at radius 2 is 1.75 bits per heavy atom. The number of hydrogen-bond acceptors (Lipinski definition) is 6. The summed E-state index contributed by atoms with van der Waals surface area (Å²) < 4.78 is 40.9. The number of ether oxygens (including phenoxy) is 2. The number of amidine groups is 1. The Kier molecular flexibility index (Phi) is 10.3. The zero-order valence-corrected chi connectivity index (χ0v) is 23.1. The summed E-state index contributed by atoms with van der Waals surface area (Å²) in [6, 6.07) is 11.2. The van der Waals surface area contributed by atoms with Crippen molar-refractivity contribution in [1.82, 2.24) is 4.90 Å². The molecule has 36 heavy (non-hydrogen) atoms. The smallest absolute Gasteiger partial charge is 0.284 e. The molecule has 2 aromatic rings. The number of methoxy groups -OCH3 is 1. The second kappa shape index (κ2) is 13.2. The van der Waals surface area contributed by atoms with Crippen molar-refractivity contribution in [1.29, 1.82) is 0 Å². The number of rotatable bonds is 12. The van der Waals surface area contributed by atoms with Gasteiger partial charge in [-0.05, 0) is 73.1 Å². The fraction of sp³-hybridized carbons (Fsp3) is 0.385. The van der Waals surface area contributed by atoms with Crippen molar-refractivity contribution in [3.05, 3.63) is 58.0 Å². The van der Waals surface area contributed by atoms with Crippen LogP contribution in [0.5, 0.6) is 11.5 Å². The van der Waals surface area contributed by atoms with Crippen LogP contribution >= 0.6 is 23.4 Å². The minimum Gasteiger partial charge on any atom is -0.493 e. The summed E-state index contributed by atoms with van der Waals surface area (Å²) in [5, 5.41) is 0.535. The second-order valence-electron chi connectivity index (χ2n) is 8.14. The van der Waals surface area contributed by atoms with Gasteiger partial charge in [0.1, 0.15) is 0 Å². The average molecular weight is 551 g/mol. The molecule has 0 aliphatic carbocycles. The van der Waals surface area contributed by atoms with E-state index >= 15 is 0 Å². The summed E-state index contributed by atoms with van der Waals surface area (Å²) in [5.74, 6) is 0.911. The number of thioether (sulfide) groups is 1. The number of amides is 1. The number of benzene rings is 2. The van der Waals surface area contributed by atoms with Crippen LogP contribution in [-0.4, -0.2) is 44.7 Å². The number of sulfonamides is 1. The van der Waals surface area contributed by atoms with Crippen molar-refractivity contribution < 1.29 is 22.7 Å². The van der Waals surface area contributed by atoms with Crippen LogP contribution in [0.4, 0.5) is 0 Å². The highest BCUT2D eigenvalue weighted by atomic mass is 35.5. The van der Waals surface area contributed by atoms with Gasteiger partial charge in [-0.25, -0.2) is 0 Å². The minimum atomic E-state index is -4.01. The van der Waals surface area contributed by atoms with Gasteiger partial charge in [-0.1, -0.05) is 50.3 Å². The van der Waals surface area contributed by atoms with Crippen LogP contribution < -0.4 is 9.47 Å². The van der Waals surface area contributed by atoms with Crippen LogP contribution in [0.15, 0.2) is 56.7 Å². The Morgan fingerprint density at radius 1 is 1.03 bits per heavy atom. The lowest BCUT2D eigenvalue weighted by Crippen LogP contribution is -2.29. The standard InChI is InChI=1S/C26H31ClN2O5S2/c1-4-6-7-8-9-16-34-23-17-19(10-15-22(23)33-3)18-24-25(30)29(5-2)26(35-24)28-36(31,32)21-13-11-20(27)12-14-21/h10-15,17-18H,4-9,16H2,1-3H3. The molecule has 1 fully saturated rings. The second-order valence-corrected chi connectivity index (χ2v) is 11.2. The van der Waals surface area contributed by atoms with E-state index in [1.54, 1.807) is 26.2 Å². The molecule has 0 aromatic heterocycles. The molecule has 0 N–H and O–H groups in total. The van der Waals surface area contributed by atoms with Gasteiger partial charge in [0.25, 0.3) is 15.9 Å². The van der Waals surface area contributed by atoms with E-state index < -0.39 is 10.0 Å². The third kappa shape index (κ3) is 7.27. The maximum absolute atomic E-state index is 13.0. The molecule has 3 rings (SSSR count). The van der Waals surface area contributed by atoms with Crippen LogP contribution in [0, 0.1) is 0 Å². The highest BCUT2D eigenvalue weighted by Crippen LogP contribution is 2.35. The molecule has 0 saturated carbocycles. The van der Waals surface area contributed by atoms with E-state index in [4.69, 9.17) is 21.1 Å². The molecule has 0 atom stereocenters. The van der Waals surface area contributed by atoms with Crippen LogP contribution in [0.2, 0.25) is 5.02 Å². The van der Waals surface area contributed by atoms with Crippen molar-refractivity contribution >= 4 is 50.5 Å². The van der Waals surface area contributed by atoms with Gasteiger partial charge in [0.2, 0.25) is 0 Å². The number of hydrogen-bond donors (Lipinski definition) is 0. The van der Waals surface area contributed by atoms with Crippen molar-refractivity contribution in [2.45, 2.75) is 50.8 Å². The highest BCUT2D eigenvalue weighted by Gasteiger charge is 2.34. The zero-order chi connectivity index (χ0) is 26.1. The Bertz CT molecular complexity index is 1230. The summed E-state index contributed by atoms with van der Waals surface area (Å²) in [4.78, 5) is 14.7. The van der Waals surface area contributed by atoms with Crippen LogP contribution in [0.25, 0.3) is 6.08 Å². The molecule has 0 radical (unpaired) electrons. The van der Waals surface area contributed by atoms with Crippen LogP contribution in [-0.2, 0) is 14.8 Å². The van der Waals surface area contributed by atoms with Gasteiger partial charge in [0.15, 0.2) is 16.7 Å². The Labute approximate surface area is 222 Å². The molecule has 2 aromatic carbocycles. The van der Waals surface area contributed by atoms with Gasteiger partial charge >= 0.3 is 0 Å². The van der Waals surface area contributed by atoms with E-state index in [-0.39, 0.29) is 22.5 Å². The quantitative estimate of drug-likeness (QED) is 0.225. The van der Waals surface area contributed by atoms with E-state index in [2.05, 4.69) is 11.3 Å². The number of likely N-dealkylation sites (N-methyl/N-ethyl adjacent to an activating group) is 1. The number of carbonyl (C=O) groups is 1. The molecule has 1 aliphatic rings. The first-order valence-electron chi connectivity index (χ1n) is 11.9. The van der Waals surface area contributed by atoms with E-state index in [1.165, 1.54) is 48.4 Å². The summed E-state index contributed by atoms with van der Waals surface area (Å²) in [5.41, 5.74) is 0.741. The lowest BCUT2D eigenvalue weighted by atomic mass is 10.1. The van der Waals surface area contributed by atoms with Gasteiger partial charge in [-0.3, -0.25) is 9.69 Å². The number of halogens is 1. The summed E-state index contributed by atoms with van der Waals surface area (Å²) in [7, 11) is -2.42.